The lowest BCUT2D eigenvalue weighted by Crippen LogP contribution is -2.50. The summed E-state index contributed by atoms with van der Waals surface area (Å²) in [5.74, 6) is -0.109. The van der Waals surface area contributed by atoms with Gasteiger partial charge in [-0.15, -0.1) is 0 Å². The molecule has 0 bridgehead atoms. The van der Waals surface area contributed by atoms with E-state index in [0.29, 0.717) is 43.2 Å². The molecule has 0 saturated carbocycles. The highest BCUT2D eigenvalue weighted by Crippen LogP contribution is 2.29. The summed E-state index contributed by atoms with van der Waals surface area (Å²) in [4.78, 5) is 28.2. The van der Waals surface area contributed by atoms with Gasteiger partial charge in [-0.3, -0.25) is 9.59 Å². The van der Waals surface area contributed by atoms with Crippen molar-refractivity contribution < 1.29 is 27.3 Å². The topological polar surface area (TPSA) is 66.7 Å². The maximum atomic E-state index is 12.6. The fourth-order valence-electron chi connectivity index (χ4n) is 3.04. The van der Waals surface area contributed by atoms with Gasteiger partial charge < -0.3 is 14.3 Å². The average molecular weight is 381 g/mol. The van der Waals surface area contributed by atoms with E-state index in [-0.39, 0.29) is 17.4 Å². The number of aryl methyl sites for hydroxylation is 2. The largest absolute Gasteiger partial charge is 0.416 e. The Balaban J connectivity index is 1.63. The number of carbonyl (C=O) groups excluding carboxylic acids is 2. The molecule has 1 aromatic heterocycles. The zero-order chi connectivity index (χ0) is 19.8. The van der Waals surface area contributed by atoms with Crippen LogP contribution in [0.15, 0.2) is 28.8 Å². The van der Waals surface area contributed by atoms with Gasteiger partial charge in [0.05, 0.1) is 11.3 Å². The first kappa shape index (κ1) is 18.9. The zero-order valence-corrected chi connectivity index (χ0v) is 14.8. The minimum atomic E-state index is -4.44. The van der Waals surface area contributed by atoms with Gasteiger partial charge in [0.15, 0.2) is 0 Å². The second-order valence-electron chi connectivity index (χ2n) is 6.36. The molecule has 0 radical (unpaired) electrons. The molecular weight excluding hydrogens is 363 g/mol. The van der Waals surface area contributed by atoms with Gasteiger partial charge in [-0.1, -0.05) is 5.16 Å². The first-order valence-corrected chi connectivity index (χ1v) is 8.37. The van der Waals surface area contributed by atoms with E-state index >= 15 is 0 Å². The third-order valence-corrected chi connectivity index (χ3v) is 4.56. The van der Waals surface area contributed by atoms with Crippen LogP contribution in [-0.4, -0.2) is 52.9 Å². The number of nitrogens with zero attached hydrogens (tertiary/aromatic N) is 3. The Labute approximate surface area is 153 Å². The molecule has 2 amide bonds. The molecule has 3 rings (SSSR count). The van der Waals surface area contributed by atoms with Crippen molar-refractivity contribution in [2.45, 2.75) is 20.0 Å². The molecule has 1 saturated heterocycles. The molecule has 1 aliphatic rings. The monoisotopic (exact) mass is 381 g/mol. The molecule has 2 heterocycles. The summed E-state index contributed by atoms with van der Waals surface area (Å²) in [6, 6.07) is 4.13. The maximum Gasteiger partial charge on any atom is 0.416 e. The summed E-state index contributed by atoms with van der Waals surface area (Å²) >= 11 is 0. The second-order valence-corrected chi connectivity index (χ2v) is 6.36. The lowest BCUT2D eigenvalue weighted by Gasteiger charge is -2.34. The number of benzene rings is 1. The first-order valence-electron chi connectivity index (χ1n) is 8.37. The van der Waals surface area contributed by atoms with E-state index in [1.165, 1.54) is 17.0 Å². The Morgan fingerprint density at radius 2 is 1.48 bits per heavy atom. The zero-order valence-electron chi connectivity index (χ0n) is 14.8. The summed E-state index contributed by atoms with van der Waals surface area (Å²) in [5.41, 5.74) is 0.334. The van der Waals surface area contributed by atoms with Gasteiger partial charge in [-0.2, -0.15) is 13.2 Å². The Kier molecular flexibility index (Phi) is 4.95. The summed E-state index contributed by atoms with van der Waals surface area (Å²) in [5, 5.41) is 3.77. The summed E-state index contributed by atoms with van der Waals surface area (Å²) in [7, 11) is 0. The predicted octanol–water partition coefficient (Wildman–Crippen LogP) is 2.91. The highest BCUT2D eigenvalue weighted by molar-refractivity contribution is 5.97. The quantitative estimate of drug-likeness (QED) is 0.802. The molecule has 0 unspecified atom stereocenters. The number of rotatable bonds is 2. The molecule has 27 heavy (non-hydrogen) atoms. The average Bonchev–Trinajstić information content (AvgIpc) is 2.98. The van der Waals surface area contributed by atoms with Crippen LogP contribution < -0.4 is 0 Å². The number of halogens is 3. The lowest BCUT2D eigenvalue weighted by atomic mass is 10.1. The fraction of sp³-hybridized carbons (Fsp3) is 0.389. The van der Waals surface area contributed by atoms with E-state index in [1.807, 2.05) is 0 Å². The molecule has 2 aromatic rings. The van der Waals surface area contributed by atoms with Gasteiger partial charge in [0.1, 0.15) is 11.3 Å². The molecule has 1 fully saturated rings. The molecule has 0 N–H and O–H groups in total. The van der Waals surface area contributed by atoms with E-state index in [1.54, 1.807) is 18.7 Å². The highest BCUT2D eigenvalue weighted by atomic mass is 19.4. The van der Waals surface area contributed by atoms with Crippen molar-refractivity contribution in [2.24, 2.45) is 0 Å². The maximum absolute atomic E-state index is 12.6. The van der Waals surface area contributed by atoms with Crippen molar-refractivity contribution in [1.29, 1.82) is 0 Å². The SMILES string of the molecule is Cc1noc(C)c1C(=O)N1CCN(C(=O)c2ccc(C(F)(F)F)cc2)CC1. The Bertz CT molecular complexity index is 831. The molecule has 0 atom stereocenters. The lowest BCUT2D eigenvalue weighted by molar-refractivity contribution is -0.137. The Morgan fingerprint density at radius 1 is 0.963 bits per heavy atom. The van der Waals surface area contributed by atoms with E-state index in [9.17, 15) is 22.8 Å². The summed E-state index contributed by atoms with van der Waals surface area (Å²) in [6.45, 7) is 4.61. The Morgan fingerprint density at radius 3 is 1.93 bits per heavy atom. The number of carbonyl (C=O) groups is 2. The van der Waals surface area contributed by atoms with Crippen LogP contribution in [0.25, 0.3) is 0 Å². The van der Waals surface area contributed by atoms with E-state index in [0.717, 1.165) is 12.1 Å². The fourth-order valence-corrected chi connectivity index (χ4v) is 3.04. The van der Waals surface area contributed by atoms with Gasteiger partial charge in [-0.25, -0.2) is 0 Å². The van der Waals surface area contributed by atoms with Crippen LogP contribution in [0.2, 0.25) is 0 Å². The number of alkyl halides is 3. The van der Waals surface area contributed by atoms with Gasteiger partial charge in [0.25, 0.3) is 11.8 Å². The highest BCUT2D eigenvalue weighted by Gasteiger charge is 2.31. The second kappa shape index (κ2) is 7.05. The van der Waals surface area contributed by atoms with Crippen molar-refractivity contribution in [3.8, 4) is 0 Å². The number of piperazine rings is 1. The van der Waals surface area contributed by atoms with E-state index in [2.05, 4.69) is 5.16 Å². The van der Waals surface area contributed by atoms with E-state index in [4.69, 9.17) is 4.52 Å². The van der Waals surface area contributed by atoms with Crippen LogP contribution in [0.4, 0.5) is 13.2 Å². The number of hydrogen-bond acceptors (Lipinski definition) is 4. The van der Waals surface area contributed by atoms with Crippen LogP contribution >= 0.6 is 0 Å². The van der Waals surface area contributed by atoms with Crippen LogP contribution in [-0.2, 0) is 6.18 Å². The molecule has 1 aromatic carbocycles. The molecule has 9 heteroatoms. The standard InChI is InChI=1S/C18H18F3N3O3/c1-11-15(12(2)27-22-11)17(26)24-9-7-23(8-10-24)16(25)13-3-5-14(6-4-13)18(19,20)21/h3-6H,7-10H2,1-2H3. The minimum Gasteiger partial charge on any atom is -0.361 e. The van der Waals surface area contributed by atoms with Crippen molar-refractivity contribution >= 4 is 11.8 Å². The molecule has 0 aliphatic carbocycles. The van der Waals surface area contributed by atoms with Crippen molar-refractivity contribution in [2.75, 3.05) is 26.2 Å². The molecular formula is C18H18F3N3O3. The molecule has 144 valence electrons. The summed E-state index contributed by atoms with van der Waals surface area (Å²) < 4.78 is 42.9. The van der Waals surface area contributed by atoms with Crippen LogP contribution in [0.5, 0.6) is 0 Å². The van der Waals surface area contributed by atoms with Crippen LogP contribution in [0, 0.1) is 13.8 Å². The van der Waals surface area contributed by atoms with Crippen molar-refractivity contribution in [3.05, 3.63) is 52.4 Å². The predicted molar refractivity (Wildman–Crippen MR) is 89.2 cm³/mol. The normalized spacial score (nSPS) is 15.1. The molecule has 6 nitrogen and oxygen atoms in total. The van der Waals surface area contributed by atoms with E-state index < -0.39 is 11.7 Å². The van der Waals surface area contributed by atoms with Gasteiger partial charge in [0.2, 0.25) is 0 Å². The van der Waals surface area contributed by atoms with Gasteiger partial charge in [-0.05, 0) is 38.1 Å². The number of aromatic nitrogens is 1. The smallest absolute Gasteiger partial charge is 0.361 e. The summed E-state index contributed by atoms with van der Waals surface area (Å²) in [6.07, 6.45) is -4.44. The van der Waals surface area contributed by atoms with Gasteiger partial charge in [0, 0.05) is 31.7 Å². The minimum absolute atomic E-state index is 0.188. The van der Waals surface area contributed by atoms with Crippen molar-refractivity contribution in [1.82, 2.24) is 15.0 Å². The third kappa shape index (κ3) is 3.81. The molecule has 1 aliphatic heterocycles. The number of amides is 2. The first-order chi connectivity index (χ1) is 12.7. The van der Waals surface area contributed by atoms with Gasteiger partial charge >= 0.3 is 6.18 Å². The molecule has 0 spiro atoms. The van der Waals surface area contributed by atoms with Crippen LogP contribution in [0.3, 0.4) is 0 Å². The number of hydrogen-bond donors (Lipinski definition) is 0. The third-order valence-electron chi connectivity index (χ3n) is 4.56. The van der Waals surface area contributed by atoms with Crippen LogP contribution in [0.1, 0.15) is 37.7 Å². The Hall–Kier alpha value is -2.84. The van der Waals surface area contributed by atoms with Crippen molar-refractivity contribution in [3.63, 3.8) is 0 Å².